The number of halogens is 1. The molecule has 0 spiro atoms. The Hall–Kier alpha value is -3.45. The van der Waals surface area contributed by atoms with Gasteiger partial charge in [0.1, 0.15) is 11.5 Å². The van der Waals surface area contributed by atoms with Crippen LogP contribution < -0.4 is 5.43 Å². The van der Waals surface area contributed by atoms with Crippen molar-refractivity contribution in [2.24, 2.45) is 10.5 Å². The number of nitrogens with zero attached hydrogens (tertiary/aromatic N) is 3. The maximum Gasteiger partial charge on any atom is 0.275 e. The molecule has 1 aromatic heterocycles. The number of para-hydroxylation sites is 2. The highest BCUT2D eigenvalue weighted by Gasteiger charge is 2.41. The molecule has 152 valence electrons. The van der Waals surface area contributed by atoms with Crippen molar-refractivity contribution in [3.63, 3.8) is 0 Å². The average Bonchev–Trinajstić information content (AvgIpc) is 3.11. The molecule has 8 heteroatoms. The largest absolute Gasteiger partial charge is 0.507 e. The number of hydrogen-bond acceptors (Lipinski definition) is 5. The first-order valence-electron chi connectivity index (χ1n) is 9.32. The topological polar surface area (TPSA) is 96.6 Å². The summed E-state index contributed by atoms with van der Waals surface area (Å²) < 4.78 is 1.68. The number of ketones is 1. The number of fused-ring (bicyclic) bond motifs is 1. The number of hydrogen-bond donors (Lipinski definition) is 2. The minimum atomic E-state index is -0.658. The van der Waals surface area contributed by atoms with Crippen LogP contribution in [0.4, 0.5) is 0 Å². The van der Waals surface area contributed by atoms with Crippen LogP contribution >= 0.6 is 11.6 Å². The van der Waals surface area contributed by atoms with Gasteiger partial charge in [0, 0.05) is 11.8 Å². The lowest BCUT2D eigenvalue weighted by atomic mass is 9.74. The van der Waals surface area contributed by atoms with Gasteiger partial charge in [-0.3, -0.25) is 9.59 Å². The first-order chi connectivity index (χ1) is 14.3. The third-order valence-electron chi connectivity index (χ3n) is 5.08. The van der Waals surface area contributed by atoms with Gasteiger partial charge in [0.15, 0.2) is 0 Å². The van der Waals surface area contributed by atoms with Crippen molar-refractivity contribution in [3.8, 4) is 11.4 Å². The molecule has 0 saturated carbocycles. The second-order valence-corrected chi connectivity index (χ2v) is 8.08. The molecule has 0 atom stereocenters. The second kappa shape index (κ2) is 7.42. The Balaban J connectivity index is 1.68. The number of nitrogens with one attached hydrogen (secondary N) is 1. The van der Waals surface area contributed by atoms with Crippen LogP contribution in [0.3, 0.4) is 0 Å². The molecule has 0 radical (unpaired) electrons. The Kier molecular flexibility index (Phi) is 4.91. The number of carbonyl (C=O) groups excluding carboxylic acids is 2. The zero-order chi connectivity index (χ0) is 21.5. The van der Waals surface area contributed by atoms with E-state index in [-0.39, 0.29) is 22.8 Å². The van der Waals surface area contributed by atoms with Crippen LogP contribution in [0.1, 0.15) is 40.3 Å². The first kappa shape index (κ1) is 19.8. The minimum Gasteiger partial charge on any atom is -0.507 e. The number of aromatic nitrogens is 2. The average molecular weight is 423 g/mol. The summed E-state index contributed by atoms with van der Waals surface area (Å²) in [4.78, 5) is 25.5. The molecule has 1 heterocycles. The molecule has 2 aromatic carbocycles. The summed E-state index contributed by atoms with van der Waals surface area (Å²) in [7, 11) is 0. The van der Waals surface area contributed by atoms with Gasteiger partial charge in [0.2, 0.25) is 5.78 Å². The van der Waals surface area contributed by atoms with Gasteiger partial charge in [-0.1, -0.05) is 49.7 Å². The highest BCUT2D eigenvalue weighted by Crippen LogP contribution is 2.35. The van der Waals surface area contributed by atoms with E-state index in [1.165, 1.54) is 18.3 Å². The molecule has 1 aliphatic carbocycles. The number of benzene rings is 2. The smallest absolute Gasteiger partial charge is 0.275 e. The van der Waals surface area contributed by atoms with Crippen molar-refractivity contribution in [1.29, 1.82) is 0 Å². The Labute approximate surface area is 178 Å². The standard InChI is InChI=1S/C22H19ClN4O3/c1-22(2)11-17-14(12-24-27(17)16-9-5-4-8-15(16)23)19(29)20(22)25-26-21(30)13-7-3-6-10-18(13)28/h3-10,12,28H,11H2,1-2H3,(H,26,30)/b25-20-. The van der Waals surface area contributed by atoms with Gasteiger partial charge in [0.25, 0.3) is 5.91 Å². The second-order valence-electron chi connectivity index (χ2n) is 7.68. The SMILES string of the molecule is CC1(C)Cc2c(cnn2-c2ccccc2Cl)C(=O)/C1=N/NC(=O)c1ccccc1O. The molecule has 0 unspecified atom stereocenters. The van der Waals surface area contributed by atoms with E-state index in [2.05, 4.69) is 15.6 Å². The third-order valence-corrected chi connectivity index (χ3v) is 5.40. The van der Waals surface area contributed by atoms with Crippen LogP contribution in [0.25, 0.3) is 5.69 Å². The molecular formula is C22H19ClN4O3. The lowest BCUT2D eigenvalue weighted by Gasteiger charge is -2.30. The molecule has 0 bridgehead atoms. The van der Waals surface area contributed by atoms with Crippen LogP contribution in [-0.2, 0) is 6.42 Å². The Morgan fingerprint density at radius 1 is 1.20 bits per heavy atom. The maximum absolute atomic E-state index is 13.2. The van der Waals surface area contributed by atoms with E-state index in [9.17, 15) is 14.7 Å². The number of rotatable bonds is 3. The number of hydrazone groups is 1. The van der Waals surface area contributed by atoms with E-state index in [0.29, 0.717) is 22.7 Å². The van der Waals surface area contributed by atoms with E-state index in [1.807, 2.05) is 32.0 Å². The van der Waals surface area contributed by atoms with E-state index >= 15 is 0 Å². The first-order valence-corrected chi connectivity index (χ1v) is 9.70. The number of carbonyl (C=O) groups is 2. The predicted molar refractivity (Wildman–Crippen MR) is 113 cm³/mol. The quantitative estimate of drug-likeness (QED) is 0.627. The van der Waals surface area contributed by atoms with Gasteiger partial charge < -0.3 is 5.11 Å². The van der Waals surface area contributed by atoms with E-state index < -0.39 is 11.3 Å². The Morgan fingerprint density at radius 3 is 2.63 bits per heavy atom. The molecule has 3 aromatic rings. The van der Waals surface area contributed by atoms with Crippen LogP contribution in [0, 0.1) is 5.41 Å². The van der Waals surface area contributed by atoms with Gasteiger partial charge in [-0.25, -0.2) is 10.1 Å². The summed E-state index contributed by atoms with van der Waals surface area (Å²) in [6, 6.07) is 13.4. The van der Waals surface area contributed by atoms with Crippen molar-refractivity contribution in [3.05, 3.63) is 76.6 Å². The van der Waals surface area contributed by atoms with Crippen molar-refractivity contribution in [2.45, 2.75) is 20.3 Å². The van der Waals surface area contributed by atoms with Crippen LogP contribution in [0.15, 0.2) is 59.8 Å². The van der Waals surface area contributed by atoms with Gasteiger partial charge >= 0.3 is 0 Å². The Bertz CT molecular complexity index is 1200. The molecular weight excluding hydrogens is 404 g/mol. The van der Waals surface area contributed by atoms with Gasteiger partial charge in [-0.2, -0.15) is 10.2 Å². The summed E-state index contributed by atoms with van der Waals surface area (Å²) in [6.07, 6.45) is 1.97. The summed E-state index contributed by atoms with van der Waals surface area (Å²) >= 11 is 6.31. The van der Waals surface area contributed by atoms with E-state index in [0.717, 1.165) is 5.69 Å². The number of phenols is 1. The highest BCUT2D eigenvalue weighted by atomic mass is 35.5. The van der Waals surface area contributed by atoms with Crippen molar-refractivity contribution >= 4 is 29.0 Å². The van der Waals surface area contributed by atoms with E-state index in [1.54, 1.807) is 22.9 Å². The number of amides is 1. The molecule has 0 saturated heterocycles. The number of phenolic OH excluding ortho intramolecular Hbond substituents is 1. The summed E-state index contributed by atoms with van der Waals surface area (Å²) in [5, 5.41) is 18.9. The lowest BCUT2D eigenvalue weighted by molar-refractivity contribution is 0.0951. The lowest BCUT2D eigenvalue weighted by Crippen LogP contribution is -2.40. The van der Waals surface area contributed by atoms with Crippen molar-refractivity contribution < 1.29 is 14.7 Å². The molecule has 1 amide bonds. The molecule has 0 aliphatic heterocycles. The predicted octanol–water partition coefficient (Wildman–Crippen LogP) is 3.78. The zero-order valence-corrected chi connectivity index (χ0v) is 17.1. The molecule has 4 rings (SSSR count). The highest BCUT2D eigenvalue weighted by molar-refractivity contribution is 6.48. The van der Waals surface area contributed by atoms with Crippen LogP contribution in [0.5, 0.6) is 5.75 Å². The zero-order valence-electron chi connectivity index (χ0n) is 16.4. The number of aromatic hydroxyl groups is 1. The molecule has 2 N–H and O–H groups in total. The van der Waals surface area contributed by atoms with Crippen LogP contribution in [-0.4, -0.2) is 32.3 Å². The monoisotopic (exact) mass is 422 g/mol. The normalized spacial score (nSPS) is 16.4. The van der Waals surface area contributed by atoms with Gasteiger partial charge in [-0.05, 0) is 24.3 Å². The fourth-order valence-corrected chi connectivity index (χ4v) is 3.75. The number of Topliss-reactive ketones (excluding diaryl/α,β-unsaturated/α-hetero) is 1. The molecule has 0 fully saturated rings. The van der Waals surface area contributed by atoms with Gasteiger partial charge in [0.05, 0.1) is 33.7 Å². The molecule has 30 heavy (non-hydrogen) atoms. The fourth-order valence-electron chi connectivity index (χ4n) is 3.54. The molecule has 1 aliphatic rings. The Morgan fingerprint density at radius 2 is 1.90 bits per heavy atom. The summed E-state index contributed by atoms with van der Waals surface area (Å²) in [5.41, 5.74) is 3.89. The maximum atomic E-state index is 13.2. The molecule has 7 nitrogen and oxygen atoms in total. The van der Waals surface area contributed by atoms with E-state index in [4.69, 9.17) is 11.6 Å². The third kappa shape index (κ3) is 3.37. The summed E-state index contributed by atoms with van der Waals surface area (Å²) in [6.45, 7) is 3.76. The van der Waals surface area contributed by atoms with Crippen molar-refractivity contribution in [1.82, 2.24) is 15.2 Å². The van der Waals surface area contributed by atoms with Crippen LogP contribution in [0.2, 0.25) is 5.02 Å². The fraction of sp³-hybridized carbons (Fsp3) is 0.182. The van der Waals surface area contributed by atoms with Crippen molar-refractivity contribution in [2.75, 3.05) is 0 Å². The summed E-state index contributed by atoms with van der Waals surface area (Å²) in [5.74, 6) is -1.06. The minimum absolute atomic E-state index is 0.0788. The van der Waals surface area contributed by atoms with Gasteiger partial charge in [-0.15, -0.1) is 0 Å².